The lowest BCUT2D eigenvalue weighted by Gasteiger charge is -2.32. The van der Waals surface area contributed by atoms with Gasteiger partial charge in [0.25, 0.3) is 0 Å². The molecule has 1 unspecified atom stereocenters. The molecule has 3 heteroatoms. The van der Waals surface area contributed by atoms with Gasteiger partial charge in [-0.2, -0.15) is 0 Å². The van der Waals surface area contributed by atoms with E-state index in [0.29, 0.717) is 12.5 Å². The Morgan fingerprint density at radius 1 is 1.37 bits per heavy atom. The van der Waals surface area contributed by atoms with Crippen LogP contribution in [0.15, 0.2) is 24.3 Å². The van der Waals surface area contributed by atoms with E-state index in [1.165, 1.54) is 0 Å². The number of carbonyl (C=O) groups excluding carboxylic acids is 1. The average Bonchev–Trinajstić information content (AvgIpc) is 2.39. The molecule has 1 aliphatic heterocycles. The van der Waals surface area contributed by atoms with Gasteiger partial charge in [-0.15, -0.1) is 0 Å². The number of aliphatic hydroxyl groups excluding tert-OH is 1. The molecule has 3 nitrogen and oxygen atoms in total. The van der Waals surface area contributed by atoms with Crippen molar-refractivity contribution in [2.45, 2.75) is 32.8 Å². The second-order valence-corrected chi connectivity index (χ2v) is 5.59. The molecule has 1 aliphatic rings. The van der Waals surface area contributed by atoms with Crippen molar-refractivity contribution in [2.24, 2.45) is 5.92 Å². The molecule has 1 aromatic carbocycles. The number of hydrogen-bond acceptors (Lipinski definition) is 3. The zero-order chi connectivity index (χ0) is 13.8. The van der Waals surface area contributed by atoms with Gasteiger partial charge in [0.05, 0.1) is 12.6 Å². The van der Waals surface area contributed by atoms with Crippen molar-refractivity contribution >= 4 is 5.78 Å². The molecule has 0 saturated carbocycles. The van der Waals surface area contributed by atoms with E-state index >= 15 is 0 Å². The summed E-state index contributed by atoms with van der Waals surface area (Å²) in [5, 5.41) is 9.57. The van der Waals surface area contributed by atoms with Crippen molar-refractivity contribution in [3.8, 4) is 0 Å². The molecule has 0 spiro atoms. The molecule has 1 aromatic rings. The first-order chi connectivity index (χ1) is 9.08. The SMILES string of the molecule is Cc1ccccc1C(=O)CN1CCC(C(C)O)CC1. The van der Waals surface area contributed by atoms with Crippen molar-refractivity contribution in [1.82, 2.24) is 4.90 Å². The molecular weight excluding hydrogens is 238 g/mol. The lowest BCUT2D eigenvalue weighted by molar-refractivity contribution is 0.0664. The van der Waals surface area contributed by atoms with E-state index in [9.17, 15) is 9.90 Å². The fraction of sp³-hybridized carbons (Fsp3) is 0.562. The van der Waals surface area contributed by atoms with Crippen LogP contribution in [0.25, 0.3) is 0 Å². The zero-order valence-electron chi connectivity index (χ0n) is 11.8. The van der Waals surface area contributed by atoms with Crippen LogP contribution < -0.4 is 0 Å². The maximum absolute atomic E-state index is 12.3. The second-order valence-electron chi connectivity index (χ2n) is 5.59. The molecule has 1 fully saturated rings. The number of rotatable bonds is 4. The molecule has 0 aromatic heterocycles. The standard InChI is InChI=1S/C16H23NO2/c1-12-5-3-4-6-15(12)16(19)11-17-9-7-14(8-10-17)13(2)18/h3-6,13-14,18H,7-11H2,1-2H3. The smallest absolute Gasteiger partial charge is 0.177 e. The van der Waals surface area contributed by atoms with Crippen molar-refractivity contribution in [3.05, 3.63) is 35.4 Å². The van der Waals surface area contributed by atoms with E-state index in [2.05, 4.69) is 4.90 Å². The molecule has 1 atom stereocenters. The number of aryl methyl sites for hydroxylation is 1. The van der Waals surface area contributed by atoms with E-state index in [1.54, 1.807) is 0 Å². The molecule has 1 saturated heterocycles. The van der Waals surface area contributed by atoms with Crippen LogP contribution in [0.2, 0.25) is 0 Å². The number of likely N-dealkylation sites (tertiary alicyclic amines) is 1. The Kier molecular flexibility index (Phi) is 4.72. The zero-order valence-corrected chi connectivity index (χ0v) is 11.8. The minimum Gasteiger partial charge on any atom is -0.393 e. The molecule has 104 valence electrons. The van der Waals surface area contributed by atoms with E-state index in [1.807, 2.05) is 38.1 Å². The largest absolute Gasteiger partial charge is 0.393 e. The highest BCUT2D eigenvalue weighted by Gasteiger charge is 2.24. The number of carbonyl (C=O) groups is 1. The van der Waals surface area contributed by atoms with Crippen LogP contribution in [0, 0.1) is 12.8 Å². The molecule has 19 heavy (non-hydrogen) atoms. The van der Waals surface area contributed by atoms with Crippen LogP contribution in [0.1, 0.15) is 35.7 Å². The quantitative estimate of drug-likeness (QED) is 0.845. The highest BCUT2D eigenvalue weighted by Crippen LogP contribution is 2.20. The summed E-state index contributed by atoms with van der Waals surface area (Å²) < 4.78 is 0. The van der Waals surface area contributed by atoms with Gasteiger partial charge >= 0.3 is 0 Å². The number of ketones is 1. The van der Waals surface area contributed by atoms with Crippen LogP contribution in [-0.2, 0) is 0 Å². The lowest BCUT2D eigenvalue weighted by Crippen LogP contribution is -2.39. The maximum Gasteiger partial charge on any atom is 0.177 e. The number of piperidine rings is 1. The Hall–Kier alpha value is -1.19. The summed E-state index contributed by atoms with van der Waals surface area (Å²) in [4.78, 5) is 14.5. The summed E-state index contributed by atoms with van der Waals surface area (Å²) >= 11 is 0. The topological polar surface area (TPSA) is 40.5 Å². The normalized spacial score (nSPS) is 19.3. The molecule has 0 radical (unpaired) electrons. The van der Waals surface area contributed by atoms with E-state index in [4.69, 9.17) is 0 Å². The van der Waals surface area contributed by atoms with Crippen molar-refractivity contribution in [3.63, 3.8) is 0 Å². The Morgan fingerprint density at radius 2 is 2.00 bits per heavy atom. The van der Waals surface area contributed by atoms with Gasteiger partial charge in [0.1, 0.15) is 0 Å². The van der Waals surface area contributed by atoms with Gasteiger partial charge in [0.2, 0.25) is 0 Å². The third-order valence-corrected chi connectivity index (χ3v) is 4.13. The van der Waals surface area contributed by atoms with Crippen molar-refractivity contribution in [2.75, 3.05) is 19.6 Å². The summed E-state index contributed by atoms with van der Waals surface area (Å²) in [5.41, 5.74) is 1.88. The third kappa shape index (κ3) is 3.64. The number of nitrogens with zero attached hydrogens (tertiary/aromatic N) is 1. The first-order valence-electron chi connectivity index (χ1n) is 7.07. The number of benzene rings is 1. The Bertz CT molecular complexity index is 434. The Labute approximate surface area is 115 Å². The van der Waals surface area contributed by atoms with Crippen LogP contribution >= 0.6 is 0 Å². The summed E-state index contributed by atoms with van der Waals surface area (Å²) in [6.07, 6.45) is 1.74. The van der Waals surface area contributed by atoms with Crippen molar-refractivity contribution < 1.29 is 9.90 Å². The van der Waals surface area contributed by atoms with E-state index in [0.717, 1.165) is 37.1 Å². The molecular formula is C16H23NO2. The highest BCUT2D eigenvalue weighted by molar-refractivity contribution is 5.98. The Balaban J connectivity index is 1.89. The van der Waals surface area contributed by atoms with Gasteiger partial charge in [-0.1, -0.05) is 24.3 Å². The lowest BCUT2D eigenvalue weighted by atomic mass is 9.92. The maximum atomic E-state index is 12.3. The molecule has 0 amide bonds. The molecule has 0 bridgehead atoms. The van der Waals surface area contributed by atoms with Gasteiger partial charge in [-0.05, 0) is 51.3 Å². The fourth-order valence-corrected chi connectivity index (χ4v) is 2.77. The monoisotopic (exact) mass is 261 g/mol. The molecule has 0 aliphatic carbocycles. The fourth-order valence-electron chi connectivity index (χ4n) is 2.77. The van der Waals surface area contributed by atoms with E-state index in [-0.39, 0.29) is 11.9 Å². The van der Waals surface area contributed by atoms with Gasteiger partial charge in [0.15, 0.2) is 5.78 Å². The first-order valence-corrected chi connectivity index (χ1v) is 7.07. The van der Waals surface area contributed by atoms with Gasteiger partial charge in [0, 0.05) is 5.56 Å². The summed E-state index contributed by atoms with van der Waals surface area (Å²) in [6, 6.07) is 7.76. The average molecular weight is 261 g/mol. The third-order valence-electron chi connectivity index (χ3n) is 4.13. The Morgan fingerprint density at radius 3 is 2.58 bits per heavy atom. The van der Waals surface area contributed by atoms with Gasteiger partial charge < -0.3 is 5.11 Å². The first kappa shape index (κ1) is 14.2. The van der Waals surface area contributed by atoms with Gasteiger partial charge in [-0.3, -0.25) is 9.69 Å². The highest BCUT2D eigenvalue weighted by atomic mass is 16.3. The second kappa shape index (κ2) is 6.31. The van der Waals surface area contributed by atoms with Gasteiger partial charge in [-0.25, -0.2) is 0 Å². The summed E-state index contributed by atoms with van der Waals surface area (Å²) in [7, 11) is 0. The van der Waals surface area contributed by atoms with Crippen LogP contribution in [0.3, 0.4) is 0 Å². The minimum atomic E-state index is -0.228. The number of Topliss-reactive ketones (excluding diaryl/α,β-unsaturated/α-hetero) is 1. The predicted molar refractivity (Wildman–Crippen MR) is 76.4 cm³/mol. The number of hydrogen-bond donors (Lipinski definition) is 1. The minimum absolute atomic E-state index is 0.202. The molecule has 1 N–H and O–H groups in total. The van der Waals surface area contributed by atoms with Crippen LogP contribution in [-0.4, -0.2) is 41.5 Å². The predicted octanol–water partition coefficient (Wildman–Crippen LogP) is 2.27. The number of aliphatic hydroxyl groups is 1. The van der Waals surface area contributed by atoms with E-state index < -0.39 is 0 Å². The molecule has 2 rings (SSSR count). The summed E-state index contributed by atoms with van der Waals surface area (Å²) in [5.74, 6) is 0.596. The molecule has 1 heterocycles. The van der Waals surface area contributed by atoms with Crippen LogP contribution in [0.4, 0.5) is 0 Å². The van der Waals surface area contributed by atoms with Crippen molar-refractivity contribution in [1.29, 1.82) is 0 Å². The summed E-state index contributed by atoms with van der Waals surface area (Å²) in [6.45, 7) is 6.16. The van der Waals surface area contributed by atoms with Crippen LogP contribution in [0.5, 0.6) is 0 Å².